The van der Waals surface area contributed by atoms with Gasteiger partial charge in [0.25, 0.3) is 0 Å². The van der Waals surface area contributed by atoms with Gasteiger partial charge in [-0.3, -0.25) is 10.1 Å². The molecule has 0 aliphatic heterocycles. The molecule has 0 saturated carbocycles. The molecule has 0 radical (unpaired) electrons. The highest BCUT2D eigenvalue weighted by molar-refractivity contribution is 5.87. The first kappa shape index (κ1) is 23.9. The fraction of sp³-hybridized carbons (Fsp3) is 0.714. The quantitative estimate of drug-likeness (QED) is 0.454. The van der Waals surface area contributed by atoms with Gasteiger partial charge in [0.05, 0.1) is 12.0 Å². The number of hydrogen-bond donors (Lipinski definition) is 2. The van der Waals surface area contributed by atoms with E-state index in [9.17, 15) is 9.59 Å². The number of aromatic nitrogens is 2. The molecule has 1 aromatic heterocycles. The van der Waals surface area contributed by atoms with Crippen molar-refractivity contribution in [2.45, 2.75) is 67.7 Å². The third-order valence-electron chi connectivity index (χ3n) is 6.03. The van der Waals surface area contributed by atoms with Gasteiger partial charge < -0.3 is 10.1 Å². The third kappa shape index (κ3) is 6.46. The second-order valence-corrected chi connectivity index (χ2v) is 8.85. The van der Waals surface area contributed by atoms with Gasteiger partial charge in [-0.05, 0) is 36.7 Å². The van der Waals surface area contributed by atoms with E-state index in [2.05, 4.69) is 62.1 Å². The molecule has 1 rings (SSSR count). The van der Waals surface area contributed by atoms with Crippen LogP contribution in [0.4, 0.5) is 10.7 Å². The molecule has 2 amide bonds. The normalized spacial score (nSPS) is 14.1. The Morgan fingerprint density at radius 2 is 1.64 bits per heavy atom. The Morgan fingerprint density at radius 1 is 1.04 bits per heavy atom. The first-order chi connectivity index (χ1) is 13.0. The third-order valence-corrected chi connectivity index (χ3v) is 6.03. The summed E-state index contributed by atoms with van der Waals surface area (Å²) in [4.78, 5) is 32.7. The SMILES string of the molecule is CCC(C)(C)CC(C)(C(=O)OCCNC(=O)Nc1ncccn1)C(C)(C)CC. The maximum absolute atomic E-state index is 13.0. The van der Waals surface area contributed by atoms with Crippen molar-refractivity contribution in [3.63, 3.8) is 0 Å². The molecule has 1 aromatic rings. The Morgan fingerprint density at radius 3 is 2.18 bits per heavy atom. The number of anilines is 1. The van der Waals surface area contributed by atoms with E-state index >= 15 is 0 Å². The first-order valence-electron chi connectivity index (χ1n) is 9.96. The molecule has 0 aromatic carbocycles. The van der Waals surface area contributed by atoms with Gasteiger partial charge in [-0.1, -0.05) is 48.0 Å². The average molecular weight is 393 g/mol. The Kier molecular flexibility index (Phi) is 8.39. The zero-order chi connectivity index (χ0) is 21.4. The van der Waals surface area contributed by atoms with Crippen LogP contribution in [-0.2, 0) is 9.53 Å². The summed E-state index contributed by atoms with van der Waals surface area (Å²) in [7, 11) is 0. The molecule has 0 fully saturated rings. The summed E-state index contributed by atoms with van der Waals surface area (Å²) >= 11 is 0. The van der Waals surface area contributed by atoms with Crippen LogP contribution in [0.3, 0.4) is 0 Å². The number of amides is 2. The van der Waals surface area contributed by atoms with E-state index in [1.165, 1.54) is 0 Å². The number of ether oxygens (including phenoxy) is 1. The molecule has 0 spiro atoms. The molecule has 7 heteroatoms. The second-order valence-electron chi connectivity index (χ2n) is 8.85. The predicted octanol–water partition coefficient (Wildman–Crippen LogP) is 4.41. The number of urea groups is 1. The van der Waals surface area contributed by atoms with Crippen LogP contribution < -0.4 is 10.6 Å². The van der Waals surface area contributed by atoms with Crippen molar-refractivity contribution in [3.05, 3.63) is 18.5 Å². The van der Waals surface area contributed by atoms with Crippen molar-refractivity contribution in [2.75, 3.05) is 18.5 Å². The maximum atomic E-state index is 13.0. The Hall–Kier alpha value is -2.18. The highest BCUT2D eigenvalue weighted by atomic mass is 16.5. The lowest BCUT2D eigenvalue weighted by atomic mass is 9.58. The zero-order valence-electron chi connectivity index (χ0n) is 18.4. The van der Waals surface area contributed by atoms with Crippen LogP contribution in [0.25, 0.3) is 0 Å². The highest BCUT2D eigenvalue weighted by Crippen LogP contribution is 2.50. The molecule has 2 N–H and O–H groups in total. The highest BCUT2D eigenvalue weighted by Gasteiger charge is 2.49. The lowest BCUT2D eigenvalue weighted by Gasteiger charge is -2.45. The summed E-state index contributed by atoms with van der Waals surface area (Å²) in [6, 6.07) is 1.22. The molecule has 1 unspecified atom stereocenters. The summed E-state index contributed by atoms with van der Waals surface area (Å²) in [6.07, 6.45) is 5.68. The second kappa shape index (κ2) is 9.85. The van der Waals surface area contributed by atoms with Crippen molar-refractivity contribution in [1.29, 1.82) is 0 Å². The Bertz CT molecular complexity index is 646. The number of carbonyl (C=O) groups is 2. The fourth-order valence-electron chi connectivity index (χ4n) is 3.04. The van der Waals surface area contributed by atoms with Crippen LogP contribution in [0.2, 0.25) is 0 Å². The van der Waals surface area contributed by atoms with Gasteiger partial charge in [-0.2, -0.15) is 0 Å². The van der Waals surface area contributed by atoms with Gasteiger partial charge in [-0.25, -0.2) is 14.8 Å². The first-order valence-corrected chi connectivity index (χ1v) is 9.96. The number of nitrogens with zero attached hydrogens (tertiary/aromatic N) is 2. The van der Waals surface area contributed by atoms with E-state index < -0.39 is 11.4 Å². The summed E-state index contributed by atoms with van der Waals surface area (Å²) < 4.78 is 5.57. The van der Waals surface area contributed by atoms with Crippen molar-refractivity contribution in [2.24, 2.45) is 16.2 Å². The lowest BCUT2D eigenvalue weighted by molar-refractivity contribution is -0.166. The van der Waals surface area contributed by atoms with Crippen LogP contribution in [0.5, 0.6) is 0 Å². The number of rotatable bonds is 10. The van der Waals surface area contributed by atoms with E-state index in [0.717, 1.165) is 19.3 Å². The summed E-state index contributed by atoms with van der Waals surface area (Å²) in [5.41, 5.74) is -0.776. The minimum Gasteiger partial charge on any atom is -0.463 e. The molecule has 0 saturated heterocycles. The largest absolute Gasteiger partial charge is 0.463 e. The summed E-state index contributed by atoms with van der Waals surface area (Å²) in [5.74, 6) is 0.00513. The van der Waals surface area contributed by atoms with Crippen LogP contribution in [0.15, 0.2) is 18.5 Å². The van der Waals surface area contributed by atoms with Gasteiger partial charge in [0.1, 0.15) is 6.61 Å². The maximum Gasteiger partial charge on any atom is 0.321 e. The Labute approximate surface area is 169 Å². The molecule has 1 heterocycles. The number of hydrogen-bond acceptors (Lipinski definition) is 5. The monoisotopic (exact) mass is 392 g/mol. The predicted molar refractivity (Wildman–Crippen MR) is 111 cm³/mol. The lowest BCUT2D eigenvalue weighted by Crippen LogP contribution is -2.46. The molecule has 158 valence electrons. The van der Waals surface area contributed by atoms with Gasteiger partial charge in [-0.15, -0.1) is 0 Å². The van der Waals surface area contributed by atoms with E-state index in [1.54, 1.807) is 18.5 Å². The standard InChI is InChI=1S/C21H36N4O3/c1-8-19(3,4)15-21(7,20(5,6)9-2)16(26)28-14-13-24-18(27)25-17-22-11-10-12-23-17/h10-12H,8-9,13-15H2,1-7H3,(H2,22,23,24,25,27). The molecular formula is C21H36N4O3. The van der Waals surface area contributed by atoms with Crippen molar-refractivity contribution < 1.29 is 14.3 Å². The zero-order valence-corrected chi connectivity index (χ0v) is 18.4. The minimum absolute atomic E-state index is 0.0357. The van der Waals surface area contributed by atoms with Crippen molar-refractivity contribution in [3.8, 4) is 0 Å². The minimum atomic E-state index is -0.610. The molecule has 0 aliphatic rings. The van der Waals surface area contributed by atoms with Crippen molar-refractivity contribution >= 4 is 17.9 Å². The number of carbonyl (C=O) groups excluding carboxylic acids is 2. The molecule has 7 nitrogen and oxygen atoms in total. The van der Waals surface area contributed by atoms with Gasteiger partial charge in [0, 0.05) is 12.4 Å². The number of esters is 1. The topological polar surface area (TPSA) is 93.2 Å². The molecule has 0 bridgehead atoms. The van der Waals surface area contributed by atoms with Crippen molar-refractivity contribution in [1.82, 2.24) is 15.3 Å². The Balaban J connectivity index is 2.62. The van der Waals surface area contributed by atoms with E-state index in [4.69, 9.17) is 4.74 Å². The molecule has 1 atom stereocenters. The summed E-state index contributed by atoms with van der Waals surface area (Å²) in [5, 5.41) is 5.16. The van der Waals surface area contributed by atoms with E-state index in [-0.39, 0.29) is 35.9 Å². The van der Waals surface area contributed by atoms with Gasteiger partial charge in [0.2, 0.25) is 5.95 Å². The van der Waals surface area contributed by atoms with Gasteiger partial charge >= 0.3 is 12.0 Å². The van der Waals surface area contributed by atoms with E-state index in [0.29, 0.717) is 0 Å². The average Bonchev–Trinajstić information content (AvgIpc) is 2.65. The molecular weight excluding hydrogens is 356 g/mol. The van der Waals surface area contributed by atoms with Crippen LogP contribution in [0, 0.1) is 16.2 Å². The van der Waals surface area contributed by atoms with Gasteiger partial charge in [0.15, 0.2) is 0 Å². The fourth-order valence-corrected chi connectivity index (χ4v) is 3.04. The van der Waals surface area contributed by atoms with Crippen LogP contribution in [0.1, 0.15) is 67.7 Å². The smallest absolute Gasteiger partial charge is 0.321 e. The van der Waals surface area contributed by atoms with Crippen LogP contribution in [-0.4, -0.2) is 35.1 Å². The number of nitrogens with one attached hydrogen (secondary N) is 2. The molecule has 0 aliphatic carbocycles. The summed E-state index contributed by atoms with van der Waals surface area (Å²) in [6.45, 7) is 15.2. The van der Waals surface area contributed by atoms with Crippen LogP contribution >= 0.6 is 0 Å². The van der Waals surface area contributed by atoms with E-state index in [1.807, 2.05) is 6.92 Å². The molecule has 28 heavy (non-hydrogen) atoms.